The minimum atomic E-state index is -0.656. The van der Waals surface area contributed by atoms with Crippen LogP contribution in [0.3, 0.4) is 0 Å². The van der Waals surface area contributed by atoms with Gasteiger partial charge in [-0.3, -0.25) is 9.59 Å². The molecule has 2 aromatic rings. The number of ketones is 1. The molecule has 1 fully saturated rings. The summed E-state index contributed by atoms with van der Waals surface area (Å²) >= 11 is 1.48. The van der Waals surface area contributed by atoms with E-state index < -0.39 is 17.7 Å². The number of nitrogens with zero attached hydrogens (tertiary/aromatic N) is 1. The number of aryl methyl sites for hydroxylation is 2. The van der Waals surface area contributed by atoms with Gasteiger partial charge in [0, 0.05) is 30.7 Å². The Labute approximate surface area is 187 Å². The van der Waals surface area contributed by atoms with Crippen LogP contribution in [0, 0.1) is 13.8 Å². The summed E-state index contributed by atoms with van der Waals surface area (Å²) in [6, 6.07) is 6.66. The SMILES string of the molecule is CCCOc1ccc(/C(O)=C2/C(=O)C(=O)N(CCCOC)C2c2sccc2C)cc1C. The summed E-state index contributed by atoms with van der Waals surface area (Å²) in [5, 5.41) is 13.1. The van der Waals surface area contributed by atoms with Crippen molar-refractivity contribution in [3.63, 3.8) is 0 Å². The monoisotopic (exact) mass is 443 g/mol. The Morgan fingerprint density at radius 1 is 1.16 bits per heavy atom. The first-order chi connectivity index (χ1) is 14.9. The molecule has 0 saturated carbocycles. The van der Waals surface area contributed by atoms with Gasteiger partial charge in [0.15, 0.2) is 0 Å². The third kappa shape index (κ3) is 4.67. The van der Waals surface area contributed by atoms with Gasteiger partial charge in [0.05, 0.1) is 18.2 Å². The van der Waals surface area contributed by atoms with Crippen molar-refractivity contribution >= 4 is 28.8 Å². The third-order valence-corrected chi connectivity index (χ3v) is 6.42. The maximum Gasteiger partial charge on any atom is 0.295 e. The molecule has 0 spiro atoms. The summed E-state index contributed by atoms with van der Waals surface area (Å²) in [5.74, 6) is -0.661. The van der Waals surface area contributed by atoms with Gasteiger partial charge in [0.25, 0.3) is 11.7 Å². The number of thiophene rings is 1. The molecule has 0 bridgehead atoms. The van der Waals surface area contributed by atoms with E-state index in [-0.39, 0.29) is 11.3 Å². The van der Waals surface area contributed by atoms with Crippen LogP contribution in [0.1, 0.15) is 47.4 Å². The largest absolute Gasteiger partial charge is 0.507 e. The summed E-state index contributed by atoms with van der Waals surface area (Å²) in [4.78, 5) is 28.3. The molecule has 31 heavy (non-hydrogen) atoms. The Bertz CT molecular complexity index is 994. The standard InChI is InChI=1S/C24H29NO5S/c1-5-11-30-18-8-7-17(14-16(18)3)21(26)19-20(23-15(2)9-13-31-23)25(10-6-12-29-4)24(28)22(19)27/h7-9,13-14,20,26H,5-6,10-12H2,1-4H3/b21-19-. The molecule has 2 heterocycles. The van der Waals surface area contributed by atoms with Crippen molar-refractivity contribution in [2.45, 2.75) is 39.7 Å². The average molecular weight is 444 g/mol. The van der Waals surface area contributed by atoms with Crippen LogP contribution >= 0.6 is 11.3 Å². The first-order valence-corrected chi connectivity index (χ1v) is 11.3. The molecule has 3 rings (SSSR count). The summed E-state index contributed by atoms with van der Waals surface area (Å²) in [7, 11) is 1.60. The maximum atomic E-state index is 13.0. The number of carbonyl (C=O) groups excluding carboxylic acids is 2. The smallest absolute Gasteiger partial charge is 0.295 e. The van der Waals surface area contributed by atoms with Crippen molar-refractivity contribution in [1.82, 2.24) is 4.90 Å². The fourth-order valence-corrected chi connectivity index (χ4v) is 4.80. The number of hydrogen-bond acceptors (Lipinski definition) is 6. The van der Waals surface area contributed by atoms with Gasteiger partial charge < -0.3 is 19.5 Å². The van der Waals surface area contributed by atoms with E-state index in [2.05, 4.69) is 0 Å². The number of ether oxygens (including phenoxy) is 2. The van der Waals surface area contributed by atoms with E-state index in [1.165, 1.54) is 11.3 Å². The van der Waals surface area contributed by atoms with Gasteiger partial charge in [-0.1, -0.05) is 6.92 Å². The second kappa shape index (κ2) is 10.1. The molecule has 1 amide bonds. The van der Waals surface area contributed by atoms with Crippen molar-refractivity contribution in [3.8, 4) is 5.75 Å². The molecule has 1 N–H and O–H groups in total. The van der Waals surface area contributed by atoms with E-state index in [9.17, 15) is 14.7 Å². The predicted octanol–water partition coefficient (Wildman–Crippen LogP) is 4.61. The molecular formula is C24H29NO5S. The minimum Gasteiger partial charge on any atom is -0.507 e. The van der Waals surface area contributed by atoms with E-state index in [0.717, 1.165) is 28.2 Å². The number of Topliss-reactive ketones (excluding diaryl/α,β-unsaturated/α-hetero) is 1. The lowest BCUT2D eigenvalue weighted by molar-refractivity contribution is -0.140. The summed E-state index contributed by atoms with van der Waals surface area (Å²) in [6.45, 7) is 7.35. The van der Waals surface area contributed by atoms with Gasteiger partial charge in [-0.25, -0.2) is 0 Å². The number of carbonyl (C=O) groups is 2. The first-order valence-electron chi connectivity index (χ1n) is 10.5. The molecule has 1 saturated heterocycles. The quantitative estimate of drug-likeness (QED) is 0.265. The third-order valence-electron chi connectivity index (χ3n) is 5.35. The minimum absolute atomic E-state index is 0.134. The van der Waals surface area contributed by atoms with Crippen LogP contribution < -0.4 is 4.74 Å². The fourth-order valence-electron chi connectivity index (χ4n) is 3.75. The Hall–Kier alpha value is -2.64. The van der Waals surface area contributed by atoms with Crippen molar-refractivity contribution in [1.29, 1.82) is 0 Å². The van der Waals surface area contributed by atoms with Crippen LogP contribution in [-0.2, 0) is 14.3 Å². The van der Waals surface area contributed by atoms with Gasteiger partial charge >= 0.3 is 0 Å². The van der Waals surface area contributed by atoms with Crippen LogP contribution in [0.5, 0.6) is 5.75 Å². The van der Waals surface area contributed by atoms with Gasteiger partial charge in [-0.2, -0.15) is 0 Å². The van der Waals surface area contributed by atoms with Crippen molar-refractivity contribution in [2.75, 3.05) is 26.9 Å². The highest BCUT2D eigenvalue weighted by molar-refractivity contribution is 7.10. The summed E-state index contributed by atoms with van der Waals surface area (Å²) in [6.07, 6.45) is 1.50. The Kier molecular flexibility index (Phi) is 7.51. The van der Waals surface area contributed by atoms with E-state index in [1.54, 1.807) is 30.2 Å². The highest BCUT2D eigenvalue weighted by Crippen LogP contribution is 2.42. The zero-order valence-corrected chi connectivity index (χ0v) is 19.3. The molecule has 1 aliphatic heterocycles. The highest BCUT2D eigenvalue weighted by Gasteiger charge is 2.46. The Morgan fingerprint density at radius 3 is 2.55 bits per heavy atom. The van der Waals surface area contributed by atoms with Crippen LogP contribution in [-0.4, -0.2) is 48.6 Å². The normalized spacial score (nSPS) is 18.1. The van der Waals surface area contributed by atoms with Crippen molar-refractivity contribution < 1.29 is 24.2 Å². The number of methoxy groups -OCH3 is 1. The molecule has 6 nitrogen and oxygen atoms in total. The number of amides is 1. The van der Waals surface area contributed by atoms with Crippen LogP contribution in [0.25, 0.3) is 5.76 Å². The summed E-state index contributed by atoms with van der Waals surface area (Å²) in [5.41, 5.74) is 2.47. The fraction of sp³-hybridized carbons (Fsp3) is 0.417. The Balaban J connectivity index is 2.06. The molecule has 1 aliphatic rings. The number of aliphatic hydroxyl groups is 1. The second-order valence-electron chi connectivity index (χ2n) is 7.64. The Morgan fingerprint density at radius 2 is 1.94 bits per heavy atom. The van der Waals surface area contributed by atoms with Crippen molar-refractivity contribution in [2.24, 2.45) is 0 Å². The molecule has 0 aliphatic carbocycles. The van der Waals surface area contributed by atoms with E-state index in [4.69, 9.17) is 9.47 Å². The van der Waals surface area contributed by atoms with Gasteiger partial charge in [0.1, 0.15) is 11.5 Å². The molecule has 166 valence electrons. The molecule has 1 atom stereocenters. The van der Waals surface area contributed by atoms with Crippen LogP contribution in [0.2, 0.25) is 0 Å². The zero-order chi connectivity index (χ0) is 22.5. The average Bonchev–Trinajstić information content (AvgIpc) is 3.28. The molecule has 0 radical (unpaired) electrons. The van der Waals surface area contributed by atoms with Crippen molar-refractivity contribution in [3.05, 3.63) is 56.8 Å². The molecular weight excluding hydrogens is 414 g/mol. The number of likely N-dealkylation sites (tertiary alicyclic amines) is 1. The van der Waals surface area contributed by atoms with E-state index in [1.807, 2.05) is 32.2 Å². The lowest BCUT2D eigenvalue weighted by Crippen LogP contribution is -2.31. The second-order valence-corrected chi connectivity index (χ2v) is 8.58. The number of hydrogen-bond donors (Lipinski definition) is 1. The highest BCUT2D eigenvalue weighted by atomic mass is 32.1. The predicted molar refractivity (Wildman–Crippen MR) is 122 cm³/mol. The van der Waals surface area contributed by atoms with Gasteiger partial charge in [0.2, 0.25) is 0 Å². The van der Waals surface area contributed by atoms with Crippen LogP contribution in [0.15, 0.2) is 35.2 Å². The van der Waals surface area contributed by atoms with E-state index in [0.29, 0.717) is 31.7 Å². The number of rotatable bonds is 9. The molecule has 1 aromatic carbocycles. The van der Waals surface area contributed by atoms with E-state index >= 15 is 0 Å². The molecule has 7 heteroatoms. The number of benzene rings is 1. The molecule has 1 unspecified atom stereocenters. The van der Waals surface area contributed by atoms with Crippen LogP contribution in [0.4, 0.5) is 0 Å². The maximum absolute atomic E-state index is 13.0. The zero-order valence-electron chi connectivity index (χ0n) is 18.4. The lowest BCUT2D eigenvalue weighted by atomic mass is 9.97. The number of aliphatic hydroxyl groups excluding tert-OH is 1. The van der Waals surface area contributed by atoms with Gasteiger partial charge in [-0.05, 0) is 67.5 Å². The lowest BCUT2D eigenvalue weighted by Gasteiger charge is -2.24. The topological polar surface area (TPSA) is 76.1 Å². The first kappa shape index (κ1) is 23.0. The van der Waals surface area contributed by atoms with Gasteiger partial charge in [-0.15, -0.1) is 11.3 Å². The molecule has 1 aromatic heterocycles. The summed E-state index contributed by atoms with van der Waals surface area (Å²) < 4.78 is 10.8.